The molecule has 0 radical (unpaired) electrons. The van der Waals surface area contributed by atoms with Crippen molar-refractivity contribution in [1.29, 1.82) is 0 Å². The Morgan fingerprint density at radius 3 is 2.27 bits per heavy atom. The molecule has 2 unspecified atom stereocenters. The summed E-state index contributed by atoms with van der Waals surface area (Å²) in [7, 11) is -3.90. The monoisotopic (exact) mass is 373 g/mol. The molecule has 0 aromatic heterocycles. The van der Waals surface area contributed by atoms with Gasteiger partial charge in [0.1, 0.15) is 5.25 Å². The van der Waals surface area contributed by atoms with Crippen LogP contribution in [0.1, 0.15) is 30.1 Å². The lowest BCUT2D eigenvalue weighted by molar-refractivity contribution is -0.384. The Balaban J connectivity index is 2.45. The van der Waals surface area contributed by atoms with Crippen molar-refractivity contribution in [1.82, 2.24) is 0 Å². The summed E-state index contributed by atoms with van der Waals surface area (Å²) in [5.41, 5.74) is 0.152. The van der Waals surface area contributed by atoms with Crippen LogP contribution in [0, 0.1) is 22.5 Å². The van der Waals surface area contributed by atoms with E-state index >= 15 is 0 Å². The van der Waals surface area contributed by atoms with Crippen molar-refractivity contribution in [3.8, 4) is 12.3 Å². The highest BCUT2D eigenvalue weighted by Crippen LogP contribution is 2.34. The first-order valence-corrected chi connectivity index (χ1v) is 9.57. The number of unbranched alkanes of at least 4 members (excludes halogenated alkanes) is 1. The Morgan fingerprint density at radius 1 is 1.12 bits per heavy atom. The van der Waals surface area contributed by atoms with Gasteiger partial charge in [-0.05, 0) is 30.5 Å². The zero-order valence-electron chi connectivity index (χ0n) is 14.0. The second kappa shape index (κ2) is 8.61. The average molecular weight is 373 g/mol. The fourth-order valence-corrected chi connectivity index (χ4v) is 4.61. The number of non-ortho nitro benzene ring substituents is 1. The van der Waals surface area contributed by atoms with E-state index in [4.69, 9.17) is 6.42 Å². The Morgan fingerprint density at radius 2 is 1.73 bits per heavy atom. The standard InChI is InChI=1S/C19H19NO5S/c1-2-3-5-10-18(21)19(15-11-13-16(14-12-15)20(22)23)26(24,25)17-8-6-4-7-9-17/h1,4,6-9,11-14,18-19,21H,3,5,10H2. The number of aliphatic hydroxyl groups excluding tert-OH is 1. The normalized spacial score (nSPS) is 13.5. The van der Waals surface area contributed by atoms with Crippen LogP contribution in [0.2, 0.25) is 0 Å². The minimum absolute atomic E-state index is 0.0827. The first kappa shape index (κ1) is 19.6. The van der Waals surface area contributed by atoms with Gasteiger partial charge in [0.2, 0.25) is 0 Å². The maximum Gasteiger partial charge on any atom is 0.269 e. The molecule has 0 spiro atoms. The van der Waals surface area contributed by atoms with Crippen LogP contribution in [0.4, 0.5) is 5.69 Å². The van der Waals surface area contributed by atoms with Crippen molar-refractivity contribution < 1.29 is 18.4 Å². The third kappa shape index (κ3) is 4.48. The summed E-state index contributed by atoms with van der Waals surface area (Å²) in [5, 5.41) is 20.2. The molecule has 2 aromatic rings. The van der Waals surface area contributed by atoms with E-state index in [-0.39, 0.29) is 17.0 Å². The summed E-state index contributed by atoms with van der Waals surface area (Å²) in [6, 6.07) is 13.0. The zero-order valence-corrected chi connectivity index (χ0v) is 14.8. The highest BCUT2D eigenvalue weighted by molar-refractivity contribution is 7.91. The quantitative estimate of drug-likeness (QED) is 0.331. The van der Waals surface area contributed by atoms with Crippen molar-refractivity contribution in [3.05, 3.63) is 70.3 Å². The van der Waals surface area contributed by atoms with Gasteiger partial charge in [0.15, 0.2) is 9.84 Å². The topological polar surface area (TPSA) is 97.5 Å². The summed E-state index contributed by atoms with van der Waals surface area (Å²) in [5.74, 6) is 2.46. The molecule has 0 saturated carbocycles. The second-order valence-electron chi connectivity index (χ2n) is 5.79. The number of benzene rings is 2. The van der Waals surface area contributed by atoms with Gasteiger partial charge in [0.05, 0.1) is 15.9 Å². The SMILES string of the molecule is C#CCCCC(O)C(c1ccc([N+](=O)[O-])cc1)S(=O)(=O)c1ccccc1. The molecule has 0 aliphatic carbocycles. The average Bonchev–Trinajstić information content (AvgIpc) is 2.63. The third-order valence-electron chi connectivity index (χ3n) is 4.01. The van der Waals surface area contributed by atoms with Crippen molar-refractivity contribution in [2.75, 3.05) is 0 Å². The Hall–Kier alpha value is -2.69. The highest BCUT2D eigenvalue weighted by Gasteiger charge is 2.35. The molecule has 6 nitrogen and oxygen atoms in total. The van der Waals surface area contributed by atoms with E-state index in [2.05, 4.69) is 5.92 Å². The van der Waals surface area contributed by atoms with Crippen LogP contribution in [0.15, 0.2) is 59.5 Å². The first-order chi connectivity index (χ1) is 12.4. The van der Waals surface area contributed by atoms with Gasteiger partial charge in [-0.3, -0.25) is 10.1 Å². The largest absolute Gasteiger partial charge is 0.391 e. The van der Waals surface area contributed by atoms with Crippen molar-refractivity contribution in [2.24, 2.45) is 0 Å². The summed E-state index contributed by atoms with van der Waals surface area (Å²) >= 11 is 0. The minimum Gasteiger partial charge on any atom is -0.391 e. The summed E-state index contributed by atoms with van der Waals surface area (Å²) < 4.78 is 26.2. The van der Waals surface area contributed by atoms with E-state index < -0.39 is 26.1 Å². The molecule has 26 heavy (non-hydrogen) atoms. The molecule has 2 rings (SSSR count). The lowest BCUT2D eigenvalue weighted by Crippen LogP contribution is -2.26. The van der Waals surface area contributed by atoms with Crippen LogP contribution in [0.3, 0.4) is 0 Å². The van der Waals surface area contributed by atoms with Gasteiger partial charge in [-0.15, -0.1) is 12.3 Å². The van der Waals surface area contributed by atoms with Gasteiger partial charge < -0.3 is 5.11 Å². The van der Waals surface area contributed by atoms with E-state index in [1.807, 2.05) is 0 Å². The number of terminal acetylenes is 1. The lowest BCUT2D eigenvalue weighted by Gasteiger charge is -2.23. The number of aliphatic hydroxyl groups is 1. The molecular weight excluding hydrogens is 354 g/mol. The van der Waals surface area contributed by atoms with Crippen molar-refractivity contribution >= 4 is 15.5 Å². The molecule has 0 aliphatic rings. The number of rotatable bonds is 8. The molecule has 0 aliphatic heterocycles. The number of sulfone groups is 1. The minimum atomic E-state index is -3.90. The van der Waals surface area contributed by atoms with Gasteiger partial charge in [0, 0.05) is 18.6 Å². The Kier molecular flexibility index (Phi) is 6.50. The summed E-state index contributed by atoms with van der Waals surface area (Å²) in [6.07, 6.45) is 5.13. The number of nitro benzene ring substituents is 1. The van der Waals surface area contributed by atoms with Gasteiger partial charge in [-0.2, -0.15) is 0 Å². The highest BCUT2D eigenvalue weighted by atomic mass is 32.2. The maximum absolute atomic E-state index is 13.1. The molecule has 0 amide bonds. The van der Waals surface area contributed by atoms with Gasteiger partial charge in [-0.1, -0.05) is 30.3 Å². The molecule has 2 atom stereocenters. The van der Waals surface area contributed by atoms with E-state index in [0.717, 1.165) is 0 Å². The number of nitrogens with zero attached hydrogens (tertiary/aromatic N) is 1. The lowest BCUT2D eigenvalue weighted by atomic mass is 10.0. The predicted octanol–water partition coefficient (Wildman–Crippen LogP) is 3.27. The molecule has 0 bridgehead atoms. The number of hydrogen-bond donors (Lipinski definition) is 1. The smallest absolute Gasteiger partial charge is 0.269 e. The molecule has 0 heterocycles. The van der Waals surface area contributed by atoms with Gasteiger partial charge >= 0.3 is 0 Å². The van der Waals surface area contributed by atoms with E-state index in [1.165, 1.54) is 36.4 Å². The molecule has 0 saturated heterocycles. The summed E-state index contributed by atoms with van der Waals surface area (Å²) in [6.45, 7) is 0. The summed E-state index contributed by atoms with van der Waals surface area (Å²) in [4.78, 5) is 10.3. The number of hydrogen-bond acceptors (Lipinski definition) is 5. The van der Waals surface area contributed by atoms with Crippen molar-refractivity contribution in [2.45, 2.75) is 35.5 Å². The second-order valence-corrected chi connectivity index (χ2v) is 7.86. The first-order valence-electron chi connectivity index (χ1n) is 8.02. The van der Waals surface area contributed by atoms with Crippen LogP contribution < -0.4 is 0 Å². The molecule has 0 fully saturated rings. The maximum atomic E-state index is 13.1. The Bertz CT molecular complexity index is 886. The van der Waals surface area contributed by atoms with Crippen LogP contribution in [-0.4, -0.2) is 24.6 Å². The van der Waals surface area contributed by atoms with Crippen LogP contribution >= 0.6 is 0 Å². The van der Waals surface area contributed by atoms with E-state index in [9.17, 15) is 23.6 Å². The van der Waals surface area contributed by atoms with Gasteiger partial charge in [0.25, 0.3) is 5.69 Å². The fourth-order valence-electron chi connectivity index (χ4n) is 2.72. The molecule has 136 valence electrons. The molecular formula is C19H19NO5S. The molecule has 2 aromatic carbocycles. The van der Waals surface area contributed by atoms with Crippen LogP contribution in [0.25, 0.3) is 0 Å². The fraction of sp³-hybridized carbons (Fsp3) is 0.263. The van der Waals surface area contributed by atoms with E-state index in [1.54, 1.807) is 18.2 Å². The Labute approximate surface area is 152 Å². The van der Waals surface area contributed by atoms with E-state index in [0.29, 0.717) is 18.4 Å². The zero-order chi connectivity index (χ0) is 19.2. The molecule has 1 N–H and O–H groups in total. The predicted molar refractivity (Wildman–Crippen MR) is 98.2 cm³/mol. The van der Waals surface area contributed by atoms with Crippen LogP contribution in [-0.2, 0) is 9.84 Å². The molecule has 7 heteroatoms. The third-order valence-corrected chi connectivity index (χ3v) is 6.19. The van der Waals surface area contributed by atoms with Crippen LogP contribution in [0.5, 0.6) is 0 Å². The number of nitro groups is 1. The van der Waals surface area contributed by atoms with Gasteiger partial charge in [-0.25, -0.2) is 8.42 Å². The van der Waals surface area contributed by atoms with Crippen molar-refractivity contribution in [3.63, 3.8) is 0 Å².